The van der Waals surface area contributed by atoms with E-state index < -0.39 is 0 Å². The second kappa shape index (κ2) is 5.48. The molecule has 20 heavy (non-hydrogen) atoms. The average Bonchev–Trinajstić information content (AvgIpc) is 2.53. The van der Waals surface area contributed by atoms with Gasteiger partial charge in [-0.1, -0.05) is 24.3 Å². The second-order valence-electron chi connectivity index (χ2n) is 4.41. The van der Waals surface area contributed by atoms with E-state index in [0.717, 1.165) is 28.1 Å². The van der Waals surface area contributed by atoms with Crippen molar-refractivity contribution in [3.05, 3.63) is 66.5 Å². The normalized spacial score (nSPS) is 11.6. The molecule has 0 atom stereocenters. The molecule has 2 aromatic heterocycles. The Morgan fingerprint density at radius 1 is 1.00 bits per heavy atom. The van der Waals surface area contributed by atoms with Gasteiger partial charge in [-0.3, -0.25) is 10.4 Å². The fourth-order valence-corrected chi connectivity index (χ4v) is 1.90. The van der Waals surface area contributed by atoms with Gasteiger partial charge in [0.25, 0.3) is 0 Å². The van der Waals surface area contributed by atoms with Gasteiger partial charge < -0.3 is 0 Å². The number of hydrogen-bond acceptors (Lipinski definition) is 4. The molecule has 4 heteroatoms. The Hall–Kier alpha value is -2.75. The van der Waals surface area contributed by atoms with Crippen LogP contribution in [0.1, 0.15) is 12.6 Å². The Bertz CT molecular complexity index is 751. The summed E-state index contributed by atoms with van der Waals surface area (Å²) in [6.07, 6.45) is 1.75. The lowest BCUT2D eigenvalue weighted by atomic mass is 10.2. The maximum atomic E-state index is 4.50. The lowest BCUT2D eigenvalue weighted by molar-refractivity contribution is 1.22. The first-order valence-electron chi connectivity index (χ1n) is 6.40. The highest BCUT2D eigenvalue weighted by molar-refractivity contribution is 5.97. The van der Waals surface area contributed by atoms with E-state index in [-0.39, 0.29) is 0 Å². The van der Waals surface area contributed by atoms with Crippen molar-refractivity contribution in [3.63, 3.8) is 0 Å². The molecule has 0 radical (unpaired) electrons. The summed E-state index contributed by atoms with van der Waals surface area (Å²) >= 11 is 0. The lowest BCUT2D eigenvalue weighted by Crippen LogP contribution is -2.02. The van der Waals surface area contributed by atoms with Crippen molar-refractivity contribution < 1.29 is 0 Å². The Labute approximate surface area is 117 Å². The van der Waals surface area contributed by atoms with E-state index in [4.69, 9.17) is 0 Å². The maximum Gasteiger partial charge on any atom is 0.146 e. The molecule has 0 saturated carbocycles. The molecule has 4 nitrogen and oxygen atoms in total. The van der Waals surface area contributed by atoms with Gasteiger partial charge in [0.2, 0.25) is 0 Å². The molecule has 2 heterocycles. The van der Waals surface area contributed by atoms with Crippen molar-refractivity contribution in [3.8, 4) is 0 Å². The number of pyridine rings is 2. The highest BCUT2D eigenvalue weighted by Gasteiger charge is 1.99. The molecule has 0 fully saturated rings. The average molecular weight is 262 g/mol. The van der Waals surface area contributed by atoms with Crippen LogP contribution < -0.4 is 5.43 Å². The molecule has 98 valence electrons. The minimum Gasteiger partial charge on any atom is -0.261 e. The van der Waals surface area contributed by atoms with Crippen LogP contribution >= 0.6 is 0 Å². The molecule has 0 bridgehead atoms. The summed E-state index contributed by atoms with van der Waals surface area (Å²) in [6.45, 7) is 1.91. The smallest absolute Gasteiger partial charge is 0.146 e. The zero-order valence-electron chi connectivity index (χ0n) is 11.1. The summed E-state index contributed by atoms with van der Waals surface area (Å²) in [4.78, 5) is 8.75. The quantitative estimate of drug-likeness (QED) is 0.581. The molecule has 3 aromatic rings. The van der Waals surface area contributed by atoms with Gasteiger partial charge in [0.1, 0.15) is 5.82 Å². The van der Waals surface area contributed by atoms with Crippen LogP contribution in [0.15, 0.2) is 65.9 Å². The van der Waals surface area contributed by atoms with Gasteiger partial charge in [-0.2, -0.15) is 5.10 Å². The van der Waals surface area contributed by atoms with Gasteiger partial charge in [-0.15, -0.1) is 0 Å². The van der Waals surface area contributed by atoms with Crippen LogP contribution in [0.25, 0.3) is 10.9 Å². The number of benzene rings is 1. The standard InChI is InChI=1S/C16H14N4/c1-12(14-7-4-5-11-17-14)19-20-16-10-9-13-6-2-3-8-15(13)18-16/h2-11H,1H3,(H,18,20)/b19-12+. The summed E-state index contributed by atoms with van der Waals surface area (Å²) in [7, 11) is 0. The number of hydrogen-bond donors (Lipinski definition) is 1. The first-order chi connectivity index (χ1) is 9.83. The molecule has 3 rings (SSSR count). The fraction of sp³-hybridized carbons (Fsp3) is 0.0625. The van der Waals surface area contributed by atoms with E-state index in [0.29, 0.717) is 0 Å². The van der Waals surface area contributed by atoms with Gasteiger partial charge >= 0.3 is 0 Å². The maximum absolute atomic E-state index is 4.50. The van der Waals surface area contributed by atoms with Gasteiger partial charge in [-0.05, 0) is 37.3 Å². The van der Waals surface area contributed by atoms with Crippen molar-refractivity contribution in [1.82, 2.24) is 9.97 Å². The first-order valence-corrected chi connectivity index (χ1v) is 6.40. The number of nitrogens with one attached hydrogen (secondary N) is 1. The third-order valence-electron chi connectivity index (χ3n) is 2.97. The van der Waals surface area contributed by atoms with E-state index in [1.165, 1.54) is 0 Å². The molecule has 1 aromatic carbocycles. The number of aromatic nitrogens is 2. The first kappa shape index (κ1) is 12.3. The summed E-state index contributed by atoms with van der Waals surface area (Å²) < 4.78 is 0. The molecule has 0 aliphatic heterocycles. The van der Waals surface area contributed by atoms with Gasteiger partial charge in [-0.25, -0.2) is 4.98 Å². The molecule has 0 aliphatic carbocycles. The summed E-state index contributed by atoms with van der Waals surface area (Å²) in [5.41, 5.74) is 5.59. The van der Waals surface area contributed by atoms with Crippen molar-refractivity contribution in [2.75, 3.05) is 5.43 Å². The van der Waals surface area contributed by atoms with Crippen LogP contribution in [-0.2, 0) is 0 Å². The SMILES string of the molecule is C/C(=N\Nc1ccc2ccccc2n1)c1ccccn1. The van der Waals surface area contributed by atoms with Crippen LogP contribution in [0.4, 0.5) is 5.82 Å². The fourth-order valence-electron chi connectivity index (χ4n) is 1.90. The van der Waals surface area contributed by atoms with Crippen LogP contribution in [0, 0.1) is 0 Å². The number of fused-ring (bicyclic) bond motifs is 1. The Balaban J connectivity index is 1.83. The lowest BCUT2D eigenvalue weighted by Gasteiger charge is -2.03. The van der Waals surface area contributed by atoms with Gasteiger partial charge in [0.05, 0.1) is 16.9 Å². The molecule has 0 spiro atoms. The van der Waals surface area contributed by atoms with Gasteiger partial charge in [0.15, 0.2) is 0 Å². The number of anilines is 1. The number of nitrogens with zero attached hydrogens (tertiary/aromatic N) is 3. The van der Waals surface area contributed by atoms with Crippen LogP contribution in [0.2, 0.25) is 0 Å². The Morgan fingerprint density at radius 2 is 1.85 bits per heavy atom. The van der Waals surface area contributed by atoms with E-state index >= 15 is 0 Å². The van der Waals surface area contributed by atoms with Crippen LogP contribution in [-0.4, -0.2) is 15.7 Å². The summed E-state index contributed by atoms with van der Waals surface area (Å²) in [5, 5.41) is 5.43. The number of rotatable bonds is 3. The topological polar surface area (TPSA) is 50.2 Å². The predicted molar refractivity (Wildman–Crippen MR) is 81.8 cm³/mol. The molecule has 0 amide bonds. The minimum absolute atomic E-state index is 0.721. The number of hydrazone groups is 1. The largest absolute Gasteiger partial charge is 0.261 e. The Kier molecular flexibility index (Phi) is 3.37. The molecular weight excluding hydrogens is 248 g/mol. The Morgan fingerprint density at radius 3 is 2.70 bits per heavy atom. The third kappa shape index (κ3) is 2.64. The molecule has 0 aliphatic rings. The second-order valence-corrected chi connectivity index (χ2v) is 4.41. The van der Waals surface area contributed by atoms with Crippen LogP contribution in [0.5, 0.6) is 0 Å². The predicted octanol–water partition coefficient (Wildman–Crippen LogP) is 3.47. The van der Waals surface area contributed by atoms with Crippen molar-refractivity contribution >= 4 is 22.4 Å². The highest BCUT2D eigenvalue weighted by Crippen LogP contribution is 2.14. The molecule has 0 unspecified atom stereocenters. The van der Waals surface area contributed by atoms with Crippen molar-refractivity contribution in [2.24, 2.45) is 5.10 Å². The minimum atomic E-state index is 0.721. The molecular formula is C16H14N4. The zero-order chi connectivity index (χ0) is 13.8. The van der Waals surface area contributed by atoms with Crippen molar-refractivity contribution in [2.45, 2.75) is 6.92 Å². The van der Waals surface area contributed by atoms with E-state index in [9.17, 15) is 0 Å². The number of para-hydroxylation sites is 1. The summed E-state index contributed by atoms with van der Waals surface area (Å²) in [6, 6.07) is 17.7. The van der Waals surface area contributed by atoms with Gasteiger partial charge in [0, 0.05) is 11.6 Å². The monoisotopic (exact) mass is 262 g/mol. The third-order valence-corrected chi connectivity index (χ3v) is 2.97. The van der Waals surface area contributed by atoms with Crippen LogP contribution in [0.3, 0.4) is 0 Å². The van der Waals surface area contributed by atoms with E-state index in [2.05, 4.69) is 20.5 Å². The highest BCUT2D eigenvalue weighted by atomic mass is 15.3. The summed E-state index contributed by atoms with van der Waals surface area (Å²) in [5.74, 6) is 0.721. The van der Waals surface area contributed by atoms with E-state index in [1.54, 1.807) is 6.20 Å². The molecule has 0 saturated heterocycles. The molecule has 1 N–H and O–H groups in total. The van der Waals surface area contributed by atoms with E-state index in [1.807, 2.05) is 61.5 Å². The van der Waals surface area contributed by atoms with Crippen molar-refractivity contribution in [1.29, 1.82) is 0 Å². The zero-order valence-corrected chi connectivity index (χ0v) is 11.1.